The van der Waals surface area contributed by atoms with Crippen molar-refractivity contribution in [2.24, 2.45) is 0 Å². The number of rotatable bonds is 8. The molecule has 1 aliphatic carbocycles. The second-order valence-electron chi connectivity index (χ2n) is 5.08. The Morgan fingerprint density at radius 2 is 2.17 bits per heavy atom. The Morgan fingerprint density at radius 1 is 1.43 bits per heavy atom. The van der Waals surface area contributed by atoms with E-state index < -0.39 is 0 Å². The van der Waals surface area contributed by atoms with Crippen LogP contribution < -0.4 is 5.32 Å². The molecule has 23 heavy (non-hydrogen) atoms. The van der Waals surface area contributed by atoms with Crippen molar-refractivity contribution in [2.45, 2.75) is 26.7 Å². The molecular formula is C20H25NOS. The minimum absolute atomic E-state index is 0.0447. The van der Waals surface area contributed by atoms with E-state index >= 15 is 0 Å². The van der Waals surface area contributed by atoms with E-state index in [1.54, 1.807) is 6.08 Å². The Morgan fingerprint density at radius 3 is 2.78 bits per heavy atom. The van der Waals surface area contributed by atoms with Crippen LogP contribution in [0.5, 0.6) is 0 Å². The van der Waals surface area contributed by atoms with Crippen molar-refractivity contribution >= 4 is 17.5 Å². The molecule has 0 aromatic heterocycles. The smallest absolute Gasteiger partial charge is 0.185 e. The van der Waals surface area contributed by atoms with Gasteiger partial charge in [0.15, 0.2) is 5.78 Å². The molecule has 0 spiro atoms. The Hall–Kier alpha value is -2.00. The van der Waals surface area contributed by atoms with Crippen molar-refractivity contribution in [3.63, 3.8) is 0 Å². The quantitative estimate of drug-likeness (QED) is 0.489. The van der Waals surface area contributed by atoms with Gasteiger partial charge >= 0.3 is 0 Å². The number of allylic oxidation sites excluding steroid dienone is 10. The van der Waals surface area contributed by atoms with Crippen LogP contribution in [-0.4, -0.2) is 12.8 Å². The van der Waals surface area contributed by atoms with Gasteiger partial charge in [0, 0.05) is 17.5 Å². The summed E-state index contributed by atoms with van der Waals surface area (Å²) in [5, 5.41) is 4.17. The fraction of sp³-hybridized carbons (Fsp3) is 0.250. The molecule has 0 fully saturated rings. The normalized spacial score (nSPS) is 15.4. The molecule has 0 aromatic rings. The van der Waals surface area contributed by atoms with Gasteiger partial charge in [-0.15, -0.1) is 0 Å². The van der Waals surface area contributed by atoms with E-state index in [-0.39, 0.29) is 5.78 Å². The van der Waals surface area contributed by atoms with E-state index in [2.05, 4.69) is 31.5 Å². The van der Waals surface area contributed by atoms with Crippen LogP contribution in [0.15, 0.2) is 82.3 Å². The summed E-state index contributed by atoms with van der Waals surface area (Å²) in [6.45, 7) is 11.8. The Labute approximate surface area is 144 Å². The molecule has 1 rings (SSSR count). The fourth-order valence-electron chi connectivity index (χ4n) is 2.15. The second kappa shape index (κ2) is 9.90. The standard InChI is InChI=1S/C20H25NOS/c1-6-11-19(21-5)23-16(4)14-15(3)20(22)18-13-10-8-9-12-17(18)7-2/h7-12,14,21H,2,4,6,13H2,1,3,5H3/b15-14-,19-11-. The third-order valence-electron chi connectivity index (χ3n) is 3.30. The predicted molar refractivity (Wildman–Crippen MR) is 103 cm³/mol. The number of nitrogens with one attached hydrogen (secondary N) is 1. The van der Waals surface area contributed by atoms with Gasteiger partial charge in [0.1, 0.15) is 0 Å². The lowest BCUT2D eigenvalue weighted by atomic mass is 9.96. The average Bonchev–Trinajstić information content (AvgIpc) is 2.78. The maximum atomic E-state index is 12.7. The molecule has 0 unspecified atom stereocenters. The number of hydrogen-bond acceptors (Lipinski definition) is 3. The number of hydrogen-bond donors (Lipinski definition) is 1. The topological polar surface area (TPSA) is 29.1 Å². The van der Waals surface area contributed by atoms with Crippen LogP contribution in [0, 0.1) is 0 Å². The van der Waals surface area contributed by atoms with Crippen LogP contribution in [0.25, 0.3) is 0 Å². The summed E-state index contributed by atoms with van der Waals surface area (Å²) in [5.41, 5.74) is 2.34. The maximum absolute atomic E-state index is 12.7. The zero-order chi connectivity index (χ0) is 17.2. The SMILES string of the molecule is C=CC1=C(C(=O)/C(C)=C\C(=C)S/C(=C\CC)NC)CC=CC=C1. The van der Waals surface area contributed by atoms with Gasteiger partial charge in [-0.05, 0) is 37.0 Å². The first kappa shape index (κ1) is 19.0. The van der Waals surface area contributed by atoms with Crippen LogP contribution in [-0.2, 0) is 4.79 Å². The maximum Gasteiger partial charge on any atom is 0.185 e. The van der Waals surface area contributed by atoms with E-state index in [0.717, 1.165) is 27.5 Å². The van der Waals surface area contributed by atoms with Gasteiger partial charge in [0.05, 0.1) is 5.03 Å². The first-order valence-corrected chi connectivity index (χ1v) is 8.51. The van der Waals surface area contributed by atoms with Crippen molar-refractivity contribution < 1.29 is 4.79 Å². The van der Waals surface area contributed by atoms with E-state index in [4.69, 9.17) is 0 Å². The van der Waals surface area contributed by atoms with Gasteiger partial charge in [0.25, 0.3) is 0 Å². The summed E-state index contributed by atoms with van der Waals surface area (Å²) in [6.07, 6.45) is 15.0. The van der Waals surface area contributed by atoms with Gasteiger partial charge in [-0.2, -0.15) is 0 Å². The van der Waals surface area contributed by atoms with E-state index in [0.29, 0.717) is 12.0 Å². The van der Waals surface area contributed by atoms with Gasteiger partial charge < -0.3 is 5.32 Å². The summed E-state index contributed by atoms with van der Waals surface area (Å²) in [5.74, 6) is 0.0447. The highest BCUT2D eigenvalue weighted by Crippen LogP contribution is 2.26. The molecule has 2 nitrogen and oxygen atoms in total. The number of Topliss-reactive ketones (excluding diaryl/α,β-unsaturated/α-hetero) is 1. The highest BCUT2D eigenvalue weighted by Gasteiger charge is 2.14. The minimum atomic E-state index is 0.0447. The highest BCUT2D eigenvalue weighted by molar-refractivity contribution is 8.06. The third-order valence-corrected chi connectivity index (χ3v) is 4.27. The lowest BCUT2D eigenvalue weighted by Crippen LogP contribution is -2.06. The molecule has 0 radical (unpaired) electrons. The molecule has 0 amide bonds. The number of carbonyl (C=O) groups excluding carboxylic acids is 1. The largest absolute Gasteiger partial charge is 0.383 e. The van der Waals surface area contributed by atoms with E-state index in [1.165, 1.54) is 11.8 Å². The van der Waals surface area contributed by atoms with Crippen LogP contribution in [0.3, 0.4) is 0 Å². The molecule has 0 saturated carbocycles. The molecule has 0 saturated heterocycles. The molecule has 1 aliphatic rings. The Bertz CT molecular complexity index is 630. The zero-order valence-corrected chi connectivity index (χ0v) is 15.0. The van der Waals surface area contributed by atoms with E-state index in [9.17, 15) is 4.79 Å². The number of thioether (sulfide) groups is 1. The van der Waals surface area contributed by atoms with Crippen molar-refractivity contribution in [3.8, 4) is 0 Å². The lowest BCUT2D eigenvalue weighted by molar-refractivity contribution is -0.112. The van der Waals surface area contributed by atoms with Crippen LogP contribution >= 0.6 is 11.8 Å². The van der Waals surface area contributed by atoms with Gasteiger partial charge in [0.2, 0.25) is 0 Å². The van der Waals surface area contributed by atoms with Crippen LogP contribution in [0.2, 0.25) is 0 Å². The molecule has 0 bridgehead atoms. The van der Waals surface area contributed by atoms with Gasteiger partial charge in [-0.3, -0.25) is 4.79 Å². The minimum Gasteiger partial charge on any atom is -0.383 e. The monoisotopic (exact) mass is 327 g/mol. The summed E-state index contributed by atoms with van der Waals surface area (Å²) < 4.78 is 0. The van der Waals surface area contributed by atoms with E-state index in [1.807, 2.05) is 44.4 Å². The average molecular weight is 327 g/mol. The van der Waals surface area contributed by atoms with Crippen LogP contribution in [0.1, 0.15) is 26.7 Å². The lowest BCUT2D eigenvalue weighted by Gasteiger charge is -2.09. The molecule has 0 aliphatic heterocycles. The second-order valence-corrected chi connectivity index (χ2v) is 6.25. The van der Waals surface area contributed by atoms with Crippen LogP contribution in [0.4, 0.5) is 0 Å². The molecule has 1 N–H and O–H groups in total. The molecular weight excluding hydrogens is 302 g/mol. The Kier molecular flexibility index (Phi) is 8.20. The summed E-state index contributed by atoms with van der Waals surface area (Å²) in [4.78, 5) is 13.6. The van der Waals surface area contributed by atoms with Gasteiger partial charge in [-0.1, -0.05) is 68.3 Å². The van der Waals surface area contributed by atoms with Crippen molar-refractivity contribution in [1.29, 1.82) is 0 Å². The highest BCUT2D eigenvalue weighted by atomic mass is 32.2. The first-order valence-electron chi connectivity index (χ1n) is 7.69. The van der Waals surface area contributed by atoms with Crippen molar-refractivity contribution in [3.05, 3.63) is 82.3 Å². The first-order chi connectivity index (χ1) is 11.0. The van der Waals surface area contributed by atoms with Gasteiger partial charge in [-0.25, -0.2) is 0 Å². The molecule has 0 atom stereocenters. The molecule has 0 heterocycles. The molecule has 0 aromatic carbocycles. The zero-order valence-electron chi connectivity index (χ0n) is 14.2. The molecule has 3 heteroatoms. The number of ketones is 1. The summed E-state index contributed by atoms with van der Waals surface area (Å²) in [7, 11) is 1.88. The summed E-state index contributed by atoms with van der Waals surface area (Å²) >= 11 is 1.54. The fourth-order valence-corrected chi connectivity index (χ4v) is 3.02. The predicted octanol–water partition coefficient (Wildman–Crippen LogP) is 5.22. The summed E-state index contributed by atoms with van der Waals surface area (Å²) in [6, 6.07) is 0. The number of carbonyl (C=O) groups is 1. The Balaban J connectivity index is 2.94. The van der Waals surface area contributed by atoms with Crippen molar-refractivity contribution in [1.82, 2.24) is 5.32 Å². The van der Waals surface area contributed by atoms with Crippen molar-refractivity contribution in [2.75, 3.05) is 7.05 Å². The third kappa shape index (κ3) is 5.95. The molecule has 122 valence electrons.